The monoisotopic (exact) mass is 306 g/mol. The second kappa shape index (κ2) is 7.73. The molecule has 1 saturated carbocycles. The Morgan fingerprint density at radius 1 is 1.18 bits per heavy atom. The second-order valence-electron chi connectivity index (χ2n) is 6.58. The van der Waals surface area contributed by atoms with E-state index < -0.39 is 0 Å². The van der Waals surface area contributed by atoms with Gasteiger partial charge in [-0.15, -0.1) is 0 Å². The first kappa shape index (κ1) is 16.9. The molecule has 1 aliphatic carbocycles. The van der Waals surface area contributed by atoms with Crippen molar-refractivity contribution in [2.75, 3.05) is 20.6 Å². The van der Waals surface area contributed by atoms with Gasteiger partial charge in [-0.2, -0.15) is 0 Å². The molecule has 0 heterocycles. The summed E-state index contributed by atoms with van der Waals surface area (Å²) in [5.41, 5.74) is 1.11. The van der Waals surface area contributed by atoms with Gasteiger partial charge in [0, 0.05) is 18.5 Å². The highest BCUT2D eigenvalue weighted by Gasteiger charge is 2.34. The van der Waals surface area contributed by atoms with E-state index in [0.717, 1.165) is 24.9 Å². The maximum absolute atomic E-state index is 12.8. The lowest BCUT2D eigenvalue weighted by Gasteiger charge is -2.43. The molecule has 0 unspecified atom stereocenters. The summed E-state index contributed by atoms with van der Waals surface area (Å²) in [4.78, 5) is 14.4. The fraction of sp³-hybridized carbons (Fsp3) is 0.611. The smallest absolute Gasteiger partial charge is 0.220 e. The van der Waals surface area contributed by atoms with Crippen molar-refractivity contribution >= 4 is 5.91 Å². The number of benzene rings is 1. The lowest BCUT2D eigenvalue weighted by Crippen LogP contribution is -2.53. The quantitative estimate of drug-likeness (QED) is 0.875. The van der Waals surface area contributed by atoms with Gasteiger partial charge in [-0.05, 0) is 51.1 Å². The van der Waals surface area contributed by atoms with E-state index in [1.807, 2.05) is 0 Å². The van der Waals surface area contributed by atoms with Gasteiger partial charge in [-0.1, -0.05) is 31.4 Å². The normalized spacial score (nSPS) is 17.5. The number of rotatable bonds is 6. The molecule has 1 N–H and O–H groups in total. The van der Waals surface area contributed by atoms with Crippen LogP contribution in [0.25, 0.3) is 0 Å². The predicted octanol–water partition coefficient (Wildman–Crippen LogP) is 3.14. The van der Waals surface area contributed by atoms with Gasteiger partial charge < -0.3 is 10.2 Å². The van der Waals surface area contributed by atoms with Crippen molar-refractivity contribution < 1.29 is 9.18 Å². The van der Waals surface area contributed by atoms with Crippen LogP contribution in [-0.4, -0.2) is 37.0 Å². The molecule has 0 spiro atoms. The topological polar surface area (TPSA) is 32.3 Å². The van der Waals surface area contributed by atoms with E-state index in [-0.39, 0.29) is 17.3 Å². The van der Waals surface area contributed by atoms with E-state index >= 15 is 0 Å². The van der Waals surface area contributed by atoms with Crippen molar-refractivity contribution in [1.82, 2.24) is 10.2 Å². The number of carbonyl (C=O) groups is 1. The highest BCUT2D eigenvalue weighted by atomic mass is 19.1. The van der Waals surface area contributed by atoms with Crippen LogP contribution in [0.3, 0.4) is 0 Å². The third kappa shape index (κ3) is 4.54. The average Bonchev–Trinajstić information content (AvgIpc) is 2.53. The molecule has 0 saturated heterocycles. The Balaban J connectivity index is 1.80. The Hall–Kier alpha value is -1.42. The van der Waals surface area contributed by atoms with Crippen molar-refractivity contribution in [1.29, 1.82) is 0 Å². The first-order valence-electron chi connectivity index (χ1n) is 8.20. The predicted molar refractivity (Wildman–Crippen MR) is 87.2 cm³/mol. The van der Waals surface area contributed by atoms with Gasteiger partial charge >= 0.3 is 0 Å². The molecule has 2 rings (SSSR count). The van der Waals surface area contributed by atoms with E-state index in [2.05, 4.69) is 24.3 Å². The molecule has 0 aromatic heterocycles. The van der Waals surface area contributed by atoms with Gasteiger partial charge in [0.05, 0.1) is 0 Å². The third-order valence-corrected chi connectivity index (χ3v) is 4.90. The molecule has 1 aliphatic rings. The minimum Gasteiger partial charge on any atom is -0.354 e. The second-order valence-corrected chi connectivity index (χ2v) is 6.58. The molecular formula is C18H27FN2O. The van der Waals surface area contributed by atoms with Gasteiger partial charge in [0.2, 0.25) is 5.91 Å². The standard InChI is InChI=1S/C18H27FN2O/c1-21(2)18(12-4-3-5-13-18)14-20-17(22)11-8-15-6-9-16(19)10-7-15/h6-7,9-10H,3-5,8,11-14H2,1-2H3,(H,20,22). The van der Waals surface area contributed by atoms with Gasteiger partial charge in [0.1, 0.15) is 5.82 Å². The molecule has 22 heavy (non-hydrogen) atoms. The number of amides is 1. The molecule has 4 heteroatoms. The third-order valence-electron chi connectivity index (χ3n) is 4.90. The number of halogens is 1. The average molecular weight is 306 g/mol. The SMILES string of the molecule is CN(C)C1(CNC(=O)CCc2ccc(F)cc2)CCCCC1. The van der Waals surface area contributed by atoms with Crippen molar-refractivity contribution in [3.05, 3.63) is 35.6 Å². The van der Waals surface area contributed by atoms with Crippen molar-refractivity contribution in [3.63, 3.8) is 0 Å². The molecule has 0 aliphatic heterocycles. The zero-order valence-electron chi connectivity index (χ0n) is 13.7. The van der Waals surface area contributed by atoms with E-state index in [0.29, 0.717) is 12.8 Å². The summed E-state index contributed by atoms with van der Waals surface area (Å²) in [6.45, 7) is 0.724. The molecule has 1 aromatic rings. The van der Waals surface area contributed by atoms with Gasteiger partial charge in [0.15, 0.2) is 0 Å². The number of nitrogens with one attached hydrogen (secondary N) is 1. The van der Waals surface area contributed by atoms with Gasteiger partial charge in [-0.3, -0.25) is 4.79 Å². The number of hydrogen-bond acceptors (Lipinski definition) is 2. The number of nitrogens with zero attached hydrogens (tertiary/aromatic N) is 1. The number of aryl methyl sites for hydroxylation is 1. The van der Waals surface area contributed by atoms with Crippen LogP contribution in [0.15, 0.2) is 24.3 Å². The highest BCUT2D eigenvalue weighted by molar-refractivity contribution is 5.76. The van der Waals surface area contributed by atoms with Crippen molar-refractivity contribution in [3.8, 4) is 0 Å². The summed E-state index contributed by atoms with van der Waals surface area (Å²) in [6.07, 6.45) is 7.19. The van der Waals surface area contributed by atoms with Crippen LogP contribution < -0.4 is 5.32 Å². The van der Waals surface area contributed by atoms with Gasteiger partial charge in [-0.25, -0.2) is 4.39 Å². The highest BCUT2D eigenvalue weighted by Crippen LogP contribution is 2.31. The summed E-state index contributed by atoms with van der Waals surface area (Å²) in [5, 5.41) is 3.10. The van der Waals surface area contributed by atoms with E-state index in [4.69, 9.17) is 0 Å². The first-order valence-corrected chi connectivity index (χ1v) is 8.20. The van der Waals surface area contributed by atoms with Gasteiger partial charge in [0.25, 0.3) is 0 Å². The molecule has 0 bridgehead atoms. The van der Waals surface area contributed by atoms with Crippen LogP contribution in [0.5, 0.6) is 0 Å². The largest absolute Gasteiger partial charge is 0.354 e. The zero-order valence-corrected chi connectivity index (χ0v) is 13.7. The van der Waals surface area contributed by atoms with Crippen LogP contribution in [0.1, 0.15) is 44.1 Å². The van der Waals surface area contributed by atoms with Crippen LogP contribution in [0.4, 0.5) is 4.39 Å². The van der Waals surface area contributed by atoms with E-state index in [1.165, 1.54) is 31.4 Å². The minimum absolute atomic E-state index is 0.0797. The number of carbonyl (C=O) groups excluding carboxylic acids is 1. The Labute approximate surface area is 132 Å². The molecule has 3 nitrogen and oxygen atoms in total. The summed E-state index contributed by atoms with van der Waals surface area (Å²) in [6, 6.07) is 6.36. The van der Waals surface area contributed by atoms with E-state index in [1.54, 1.807) is 12.1 Å². The summed E-state index contributed by atoms with van der Waals surface area (Å²) >= 11 is 0. The van der Waals surface area contributed by atoms with Crippen LogP contribution >= 0.6 is 0 Å². The molecule has 0 radical (unpaired) electrons. The fourth-order valence-electron chi connectivity index (χ4n) is 3.25. The Kier molecular flexibility index (Phi) is 5.95. The lowest BCUT2D eigenvalue weighted by atomic mass is 9.80. The number of hydrogen-bond donors (Lipinski definition) is 1. The van der Waals surface area contributed by atoms with Crippen LogP contribution in [0.2, 0.25) is 0 Å². The Morgan fingerprint density at radius 2 is 1.82 bits per heavy atom. The first-order chi connectivity index (χ1) is 10.5. The van der Waals surface area contributed by atoms with Crippen molar-refractivity contribution in [2.45, 2.75) is 50.5 Å². The Bertz CT molecular complexity index is 478. The molecular weight excluding hydrogens is 279 g/mol. The zero-order chi connectivity index (χ0) is 16.0. The van der Waals surface area contributed by atoms with E-state index in [9.17, 15) is 9.18 Å². The number of likely N-dealkylation sites (N-methyl/N-ethyl adjacent to an activating group) is 1. The summed E-state index contributed by atoms with van der Waals surface area (Å²) in [5.74, 6) is -0.158. The lowest BCUT2D eigenvalue weighted by molar-refractivity contribution is -0.121. The Morgan fingerprint density at radius 3 is 2.41 bits per heavy atom. The minimum atomic E-state index is -0.238. The summed E-state index contributed by atoms with van der Waals surface area (Å²) in [7, 11) is 4.21. The molecule has 0 atom stereocenters. The fourth-order valence-corrected chi connectivity index (χ4v) is 3.25. The van der Waals surface area contributed by atoms with Crippen molar-refractivity contribution in [2.24, 2.45) is 0 Å². The maximum Gasteiger partial charge on any atom is 0.220 e. The molecule has 1 amide bonds. The summed E-state index contributed by atoms with van der Waals surface area (Å²) < 4.78 is 12.8. The van der Waals surface area contributed by atoms with Crippen LogP contribution in [0, 0.1) is 5.82 Å². The molecule has 122 valence electrons. The maximum atomic E-state index is 12.8. The van der Waals surface area contributed by atoms with Crippen LogP contribution in [-0.2, 0) is 11.2 Å². The molecule has 1 aromatic carbocycles. The molecule has 1 fully saturated rings.